The molecule has 3 heterocycles. The Bertz CT molecular complexity index is 1220. The Hall–Kier alpha value is -3.42. The number of amides is 2. The van der Waals surface area contributed by atoms with Gasteiger partial charge in [-0.15, -0.1) is 0 Å². The van der Waals surface area contributed by atoms with Gasteiger partial charge in [0.05, 0.1) is 18.3 Å². The Labute approximate surface area is 194 Å². The zero-order valence-corrected chi connectivity index (χ0v) is 20.3. The van der Waals surface area contributed by atoms with Gasteiger partial charge in [0.1, 0.15) is 5.82 Å². The molecule has 8 nitrogen and oxygen atoms in total. The van der Waals surface area contributed by atoms with Crippen molar-refractivity contribution in [3.63, 3.8) is 0 Å². The van der Waals surface area contributed by atoms with Gasteiger partial charge in [0.25, 0.3) is 5.91 Å². The third-order valence-electron chi connectivity index (χ3n) is 6.50. The van der Waals surface area contributed by atoms with Crippen molar-refractivity contribution >= 4 is 28.5 Å². The lowest BCUT2D eigenvalue weighted by atomic mass is 10.1. The Morgan fingerprint density at radius 2 is 1.91 bits per heavy atom. The number of aryl methyl sites for hydroxylation is 2. The number of H-pyrrole nitrogens is 1. The van der Waals surface area contributed by atoms with E-state index in [0.29, 0.717) is 17.9 Å². The van der Waals surface area contributed by atoms with E-state index in [9.17, 15) is 9.59 Å². The van der Waals surface area contributed by atoms with Crippen molar-refractivity contribution in [3.05, 3.63) is 52.6 Å². The average Bonchev–Trinajstić information content (AvgIpc) is 3.38. The quantitative estimate of drug-likeness (QED) is 0.645. The van der Waals surface area contributed by atoms with E-state index in [1.165, 1.54) is 0 Å². The van der Waals surface area contributed by atoms with Crippen molar-refractivity contribution in [3.8, 4) is 0 Å². The summed E-state index contributed by atoms with van der Waals surface area (Å²) in [4.78, 5) is 43.6. The van der Waals surface area contributed by atoms with Crippen molar-refractivity contribution in [1.29, 1.82) is 0 Å². The molecule has 8 heteroatoms. The molecule has 1 N–H and O–H groups in total. The monoisotopic (exact) mass is 448 g/mol. The van der Waals surface area contributed by atoms with Gasteiger partial charge in [-0.05, 0) is 50.5 Å². The van der Waals surface area contributed by atoms with Crippen molar-refractivity contribution in [1.82, 2.24) is 24.8 Å². The molecule has 1 aliphatic heterocycles. The zero-order valence-electron chi connectivity index (χ0n) is 20.3. The molecule has 4 rings (SSSR count). The van der Waals surface area contributed by atoms with Gasteiger partial charge in [-0.3, -0.25) is 9.59 Å². The third kappa shape index (κ3) is 4.42. The number of aromatic amines is 1. The number of hydrogen-bond donors (Lipinski definition) is 1. The lowest BCUT2D eigenvalue weighted by molar-refractivity contribution is -0.129. The summed E-state index contributed by atoms with van der Waals surface area (Å²) >= 11 is 0. The second-order valence-corrected chi connectivity index (χ2v) is 9.14. The first-order valence-electron chi connectivity index (χ1n) is 11.3. The lowest BCUT2D eigenvalue weighted by Crippen LogP contribution is -2.31. The number of carbonyl (C=O) groups is 2. The topological polar surface area (TPSA) is 85.4 Å². The number of fused-ring (bicyclic) bond motifs is 1. The molecule has 1 aliphatic rings. The summed E-state index contributed by atoms with van der Waals surface area (Å²) in [5, 5.41) is 1.07. The van der Waals surface area contributed by atoms with Crippen LogP contribution in [0.5, 0.6) is 0 Å². The SMILES string of the molecule is CC(=O)N1CCC[C@H]1c1nc(CN(C)C(=O)c2ccc3[nH]c(C)c(C)c3c2)cc(N(C)C)n1. The average molecular weight is 449 g/mol. The molecule has 1 atom stereocenters. The number of aromatic nitrogens is 3. The van der Waals surface area contributed by atoms with Gasteiger partial charge in [-0.25, -0.2) is 9.97 Å². The van der Waals surface area contributed by atoms with Gasteiger partial charge in [-0.2, -0.15) is 0 Å². The number of nitrogens with one attached hydrogen (secondary N) is 1. The molecule has 0 spiro atoms. The van der Waals surface area contributed by atoms with Crippen LogP contribution in [0.2, 0.25) is 0 Å². The van der Waals surface area contributed by atoms with Gasteiger partial charge in [0.2, 0.25) is 5.91 Å². The Morgan fingerprint density at radius 1 is 1.15 bits per heavy atom. The first kappa shape index (κ1) is 22.8. The largest absolute Gasteiger partial charge is 0.363 e. The maximum atomic E-state index is 13.2. The van der Waals surface area contributed by atoms with Crippen molar-refractivity contribution in [2.75, 3.05) is 32.6 Å². The van der Waals surface area contributed by atoms with Crippen molar-refractivity contribution in [2.45, 2.75) is 46.2 Å². The molecule has 1 fully saturated rings. The van der Waals surface area contributed by atoms with Gasteiger partial charge in [0, 0.05) is 62.8 Å². The molecule has 174 valence electrons. The Kier molecular flexibility index (Phi) is 6.10. The van der Waals surface area contributed by atoms with E-state index >= 15 is 0 Å². The molecule has 1 aromatic carbocycles. The molecule has 2 aromatic heterocycles. The molecule has 0 saturated carbocycles. The second-order valence-electron chi connectivity index (χ2n) is 9.14. The van der Waals surface area contributed by atoms with Crippen LogP contribution in [0, 0.1) is 13.8 Å². The summed E-state index contributed by atoms with van der Waals surface area (Å²) in [5.74, 6) is 1.39. The minimum atomic E-state index is -0.121. The molecule has 0 bridgehead atoms. The van der Waals surface area contributed by atoms with E-state index < -0.39 is 0 Å². The fourth-order valence-corrected chi connectivity index (χ4v) is 4.50. The van der Waals surface area contributed by atoms with Gasteiger partial charge in [-0.1, -0.05) is 0 Å². The fraction of sp³-hybridized carbons (Fsp3) is 0.440. The van der Waals surface area contributed by atoms with Crippen LogP contribution in [0.25, 0.3) is 10.9 Å². The van der Waals surface area contributed by atoms with Crippen molar-refractivity contribution in [2.24, 2.45) is 0 Å². The Balaban J connectivity index is 1.61. The van der Waals surface area contributed by atoms with Crippen LogP contribution in [-0.4, -0.2) is 64.3 Å². The lowest BCUT2D eigenvalue weighted by Gasteiger charge is -2.24. The number of nitrogens with zero attached hydrogens (tertiary/aromatic N) is 5. The maximum Gasteiger partial charge on any atom is 0.253 e. The molecule has 0 unspecified atom stereocenters. The van der Waals surface area contributed by atoms with Gasteiger partial charge < -0.3 is 19.7 Å². The number of hydrogen-bond acceptors (Lipinski definition) is 5. The summed E-state index contributed by atoms with van der Waals surface area (Å²) in [6.45, 7) is 6.77. The molecular formula is C25H32N6O2. The van der Waals surface area contributed by atoms with E-state index in [2.05, 4.69) is 11.9 Å². The second kappa shape index (κ2) is 8.84. The van der Waals surface area contributed by atoms with Crippen LogP contribution in [-0.2, 0) is 11.3 Å². The van der Waals surface area contributed by atoms with E-state index in [4.69, 9.17) is 9.97 Å². The zero-order chi connectivity index (χ0) is 23.9. The smallest absolute Gasteiger partial charge is 0.253 e. The summed E-state index contributed by atoms with van der Waals surface area (Å²) in [6, 6.07) is 7.55. The number of likely N-dealkylation sites (tertiary alicyclic amines) is 1. The highest BCUT2D eigenvalue weighted by molar-refractivity contribution is 5.98. The highest BCUT2D eigenvalue weighted by Crippen LogP contribution is 2.31. The first-order valence-corrected chi connectivity index (χ1v) is 11.3. The van der Waals surface area contributed by atoms with E-state index in [1.807, 2.05) is 55.1 Å². The van der Waals surface area contributed by atoms with Gasteiger partial charge in [0.15, 0.2) is 5.82 Å². The van der Waals surface area contributed by atoms with Crippen LogP contribution in [0.15, 0.2) is 24.3 Å². The van der Waals surface area contributed by atoms with E-state index in [0.717, 1.165) is 53.1 Å². The first-order chi connectivity index (χ1) is 15.7. The summed E-state index contributed by atoms with van der Waals surface area (Å²) < 4.78 is 0. The Morgan fingerprint density at radius 3 is 2.61 bits per heavy atom. The fourth-order valence-electron chi connectivity index (χ4n) is 4.50. The summed E-state index contributed by atoms with van der Waals surface area (Å²) in [7, 11) is 5.65. The highest BCUT2D eigenvalue weighted by atomic mass is 16.2. The molecule has 0 radical (unpaired) electrons. The minimum Gasteiger partial charge on any atom is -0.363 e. The summed E-state index contributed by atoms with van der Waals surface area (Å²) in [6.07, 6.45) is 1.79. The number of rotatable bonds is 5. The van der Waals surface area contributed by atoms with E-state index in [-0.39, 0.29) is 17.9 Å². The predicted octanol–water partition coefficient (Wildman–Crippen LogP) is 3.60. The third-order valence-corrected chi connectivity index (χ3v) is 6.50. The van der Waals surface area contributed by atoms with Crippen LogP contribution in [0.1, 0.15) is 58.9 Å². The molecule has 33 heavy (non-hydrogen) atoms. The number of anilines is 1. The number of carbonyl (C=O) groups excluding carboxylic acids is 2. The van der Waals surface area contributed by atoms with E-state index in [1.54, 1.807) is 18.9 Å². The molecule has 0 aliphatic carbocycles. The van der Waals surface area contributed by atoms with Crippen LogP contribution >= 0.6 is 0 Å². The highest BCUT2D eigenvalue weighted by Gasteiger charge is 2.31. The predicted molar refractivity (Wildman–Crippen MR) is 129 cm³/mol. The van der Waals surface area contributed by atoms with Crippen LogP contribution in [0.3, 0.4) is 0 Å². The maximum absolute atomic E-state index is 13.2. The van der Waals surface area contributed by atoms with Crippen molar-refractivity contribution < 1.29 is 9.59 Å². The van der Waals surface area contributed by atoms with Crippen LogP contribution < -0.4 is 4.90 Å². The van der Waals surface area contributed by atoms with Gasteiger partial charge >= 0.3 is 0 Å². The summed E-state index contributed by atoms with van der Waals surface area (Å²) in [5.41, 5.74) is 4.70. The standard InChI is InChI=1S/C25H32N6O2/c1-15-16(2)26-21-10-9-18(12-20(15)21)25(33)30(6)14-19-13-23(29(4)5)28-24(27-19)22-8-7-11-31(22)17(3)32/h9-10,12-13,22,26H,7-8,11,14H2,1-6H3/t22-/m0/s1. The number of benzene rings is 1. The molecule has 1 saturated heterocycles. The molecule has 3 aromatic rings. The normalized spacial score (nSPS) is 15.8. The van der Waals surface area contributed by atoms with Crippen LogP contribution in [0.4, 0.5) is 5.82 Å². The molecule has 2 amide bonds. The minimum absolute atomic E-state index is 0.0379. The molecular weight excluding hydrogens is 416 g/mol.